The van der Waals surface area contributed by atoms with Gasteiger partial charge in [-0.1, -0.05) is 23.2 Å². The first-order valence-electron chi connectivity index (χ1n) is 6.76. The molecule has 3 aliphatic heterocycles. The average molecular weight is 301 g/mol. The lowest BCUT2D eigenvalue weighted by Gasteiger charge is -2.45. The summed E-state index contributed by atoms with van der Waals surface area (Å²) < 4.78 is 0. The summed E-state index contributed by atoms with van der Waals surface area (Å²) >= 11 is 11.9. The third-order valence-corrected chi connectivity index (χ3v) is 4.82. The summed E-state index contributed by atoms with van der Waals surface area (Å²) in [6, 6.07) is 3.85. The molecule has 1 aromatic carbocycles. The Balaban J connectivity index is 1.66. The maximum Gasteiger partial charge on any atom is 0.138 e. The number of phenols is 1. The van der Waals surface area contributed by atoms with Crippen molar-refractivity contribution in [3.8, 4) is 5.75 Å². The summed E-state index contributed by atoms with van der Waals surface area (Å²) in [7, 11) is 0. The summed E-state index contributed by atoms with van der Waals surface area (Å²) in [5, 5.41) is 14.4. The molecular weight excluding hydrogens is 283 g/mol. The maximum absolute atomic E-state index is 9.94. The van der Waals surface area contributed by atoms with Crippen LogP contribution in [0.2, 0.25) is 10.0 Å². The van der Waals surface area contributed by atoms with Crippen LogP contribution in [-0.4, -0.2) is 35.7 Å². The number of aromatic hydroxyl groups is 1. The Morgan fingerprint density at radius 2 is 2.00 bits per heavy atom. The Bertz CT molecular complexity index is 473. The fraction of sp³-hybridized carbons (Fsp3) is 0.571. The molecular formula is C14H18Cl2N2O. The summed E-state index contributed by atoms with van der Waals surface area (Å²) in [4.78, 5) is 2.50. The number of fused-ring (bicyclic) bond motifs is 3. The molecule has 2 bridgehead atoms. The Kier molecular flexibility index (Phi) is 3.90. The van der Waals surface area contributed by atoms with Gasteiger partial charge in [-0.05, 0) is 44.0 Å². The highest BCUT2D eigenvalue weighted by Gasteiger charge is 2.33. The summed E-state index contributed by atoms with van der Waals surface area (Å²) in [6.07, 6.45) is 2.56. The first-order chi connectivity index (χ1) is 9.13. The molecule has 3 saturated heterocycles. The number of rotatable bonds is 3. The van der Waals surface area contributed by atoms with E-state index in [2.05, 4.69) is 10.2 Å². The van der Waals surface area contributed by atoms with Crippen molar-refractivity contribution in [1.82, 2.24) is 10.2 Å². The number of phenolic OH excluding ortho intramolecular Hbond substituents is 1. The topological polar surface area (TPSA) is 35.5 Å². The lowest BCUT2D eigenvalue weighted by Crippen LogP contribution is -2.55. The highest BCUT2D eigenvalue weighted by atomic mass is 35.5. The quantitative estimate of drug-likeness (QED) is 0.901. The first kappa shape index (κ1) is 13.5. The molecule has 0 saturated carbocycles. The molecule has 3 aliphatic rings. The third kappa shape index (κ3) is 2.84. The molecule has 19 heavy (non-hydrogen) atoms. The minimum atomic E-state index is 0.139. The number of hydrogen-bond acceptors (Lipinski definition) is 3. The first-order valence-corrected chi connectivity index (χ1v) is 7.51. The van der Waals surface area contributed by atoms with E-state index in [0.29, 0.717) is 22.6 Å². The molecule has 0 spiro atoms. The molecule has 0 aliphatic carbocycles. The van der Waals surface area contributed by atoms with E-state index < -0.39 is 0 Å². The van der Waals surface area contributed by atoms with Crippen molar-refractivity contribution in [3.63, 3.8) is 0 Å². The Hall–Kier alpha value is -0.480. The van der Waals surface area contributed by atoms with Gasteiger partial charge in [0.2, 0.25) is 0 Å². The van der Waals surface area contributed by atoms with Crippen LogP contribution in [0.4, 0.5) is 0 Å². The highest BCUT2D eigenvalue weighted by molar-refractivity contribution is 6.35. The van der Waals surface area contributed by atoms with Gasteiger partial charge < -0.3 is 15.3 Å². The van der Waals surface area contributed by atoms with Crippen molar-refractivity contribution in [1.29, 1.82) is 0 Å². The number of benzene rings is 1. The Morgan fingerprint density at radius 3 is 2.63 bits per heavy atom. The van der Waals surface area contributed by atoms with Crippen LogP contribution in [0.15, 0.2) is 12.1 Å². The molecule has 104 valence electrons. The third-order valence-electron chi connectivity index (χ3n) is 4.32. The van der Waals surface area contributed by atoms with Crippen molar-refractivity contribution in [2.24, 2.45) is 5.92 Å². The van der Waals surface area contributed by atoms with E-state index in [1.165, 1.54) is 25.9 Å². The van der Waals surface area contributed by atoms with E-state index >= 15 is 0 Å². The molecule has 1 aromatic rings. The monoisotopic (exact) mass is 300 g/mol. The van der Waals surface area contributed by atoms with E-state index in [4.69, 9.17) is 23.2 Å². The molecule has 3 fully saturated rings. The van der Waals surface area contributed by atoms with Crippen LogP contribution in [0.1, 0.15) is 18.4 Å². The molecule has 2 N–H and O–H groups in total. The van der Waals surface area contributed by atoms with Crippen LogP contribution < -0.4 is 5.32 Å². The Morgan fingerprint density at radius 1 is 1.26 bits per heavy atom. The molecule has 0 amide bonds. The number of nitrogens with one attached hydrogen (secondary N) is 1. The van der Waals surface area contributed by atoms with E-state index in [1.54, 1.807) is 12.1 Å². The molecule has 3 heterocycles. The zero-order chi connectivity index (χ0) is 13.4. The fourth-order valence-electron chi connectivity index (χ4n) is 3.19. The van der Waals surface area contributed by atoms with Gasteiger partial charge in [-0.2, -0.15) is 0 Å². The summed E-state index contributed by atoms with van der Waals surface area (Å²) in [5.74, 6) is 0.904. The van der Waals surface area contributed by atoms with E-state index in [-0.39, 0.29) is 5.75 Å². The van der Waals surface area contributed by atoms with Gasteiger partial charge >= 0.3 is 0 Å². The number of piperidine rings is 3. The predicted molar refractivity (Wildman–Crippen MR) is 77.9 cm³/mol. The van der Waals surface area contributed by atoms with Gasteiger partial charge in [0.25, 0.3) is 0 Å². The maximum atomic E-state index is 9.94. The second-order valence-electron chi connectivity index (χ2n) is 5.52. The standard InChI is InChI=1S/C14H18Cl2N2O/c15-11-5-10(14(19)12(16)6-11)7-17-13-8-18-3-1-9(13)2-4-18/h5-6,9,13,17,19H,1-4,7-8H2. The van der Waals surface area contributed by atoms with E-state index in [9.17, 15) is 5.11 Å². The minimum absolute atomic E-state index is 0.139. The molecule has 5 heteroatoms. The van der Waals surface area contributed by atoms with Crippen LogP contribution in [-0.2, 0) is 6.54 Å². The number of nitrogens with zero attached hydrogens (tertiary/aromatic N) is 1. The number of halogens is 2. The van der Waals surface area contributed by atoms with Crippen LogP contribution in [0.3, 0.4) is 0 Å². The summed E-state index contributed by atoms with van der Waals surface area (Å²) in [5.41, 5.74) is 0.772. The molecule has 3 nitrogen and oxygen atoms in total. The summed E-state index contributed by atoms with van der Waals surface area (Å²) in [6.45, 7) is 4.19. The minimum Gasteiger partial charge on any atom is -0.506 e. The SMILES string of the molecule is Oc1c(Cl)cc(Cl)cc1CNC1CN2CCC1CC2. The normalized spacial score (nSPS) is 29.7. The molecule has 0 radical (unpaired) electrons. The van der Waals surface area contributed by atoms with Crippen molar-refractivity contribution in [3.05, 3.63) is 27.7 Å². The van der Waals surface area contributed by atoms with Crippen LogP contribution >= 0.6 is 23.2 Å². The van der Waals surface area contributed by atoms with Gasteiger partial charge in [-0.25, -0.2) is 0 Å². The van der Waals surface area contributed by atoms with Gasteiger partial charge in [0.05, 0.1) is 5.02 Å². The zero-order valence-corrected chi connectivity index (χ0v) is 12.2. The van der Waals surface area contributed by atoms with Gasteiger partial charge in [0.15, 0.2) is 0 Å². The smallest absolute Gasteiger partial charge is 0.138 e. The number of hydrogen-bond donors (Lipinski definition) is 2. The van der Waals surface area contributed by atoms with Gasteiger partial charge in [-0.3, -0.25) is 0 Å². The second-order valence-corrected chi connectivity index (χ2v) is 6.36. The highest BCUT2D eigenvalue weighted by Crippen LogP contribution is 2.32. The largest absolute Gasteiger partial charge is 0.506 e. The van der Waals surface area contributed by atoms with Crippen molar-refractivity contribution in [2.45, 2.75) is 25.4 Å². The lowest BCUT2D eigenvalue weighted by atomic mass is 9.84. The Labute approximate surface area is 123 Å². The van der Waals surface area contributed by atoms with Crippen LogP contribution in [0.25, 0.3) is 0 Å². The zero-order valence-electron chi connectivity index (χ0n) is 10.7. The predicted octanol–water partition coefficient (Wildman–Crippen LogP) is 2.88. The van der Waals surface area contributed by atoms with Gasteiger partial charge in [0.1, 0.15) is 5.75 Å². The van der Waals surface area contributed by atoms with Gasteiger partial charge in [0, 0.05) is 29.7 Å². The second kappa shape index (κ2) is 5.49. The van der Waals surface area contributed by atoms with Crippen LogP contribution in [0.5, 0.6) is 5.75 Å². The molecule has 1 unspecified atom stereocenters. The average Bonchev–Trinajstić information content (AvgIpc) is 2.42. The molecule has 0 aromatic heterocycles. The fourth-order valence-corrected chi connectivity index (χ4v) is 3.73. The van der Waals surface area contributed by atoms with E-state index in [1.807, 2.05) is 0 Å². The van der Waals surface area contributed by atoms with Crippen LogP contribution in [0, 0.1) is 5.92 Å². The van der Waals surface area contributed by atoms with Crippen molar-refractivity contribution >= 4 is 23.2 Å². The molecule has 4 rings (SSSR count). The van der Waals surface area contributed by atoms with E-state index in [0.717, 1.165) is 18.0 Å². The molecule has 1 atom stereocenters. The van der Waals surface area contributed by atoms with Crippen molar-refractivity contribution in [2.75, 3.05) is 19.6 Å². The van der Waals surface area contributed by atoms with Crippen molar-refractivity contribution < 1.29 is 5.11 Å². The van der Waals surface area contributed by atoms with Gasteiger partial charge in [-0.15, -0.1) is 0 Å². The lowest BCUT2D eigenvalue weighted by molar-refractivity contribution is 0.0719.